The van der Waals surface area contributed by atoms with Gasteiger partial charge in [0.2, 0.25) is 5.89 Å². The van der Waals surface area contributed by atoms with E-state index in [9.17, 15) is 4.79 Å². The van der Waals surface area contributed by atoms with E-state index in [-0.39, 0.29) is 5.91 Å². The molecule has 0 aliphatic heterocycles. The van der Waals surface area contributed by atoms with Crippen LogP contribution < -0.4 is 5.32 Å². The lowest BCUT2D eigenvalue weighted by atomic mass is 10.1. The van der Waals surface area contributed by atoms with Crippen LogP contribution in [0.1, 0.15) is 9.67 Å². The number of rotatable bonds is 3. The summed E-state index contributed by atoms with van der Waals surface area (Å²) in [6.07, 6.45) is 0. The van der Waals surface area contributed by atoms with Crippen molar-refractivity contribution < 1.29 is 9.21 Å². The Labute approximate surface area is 159 Å². The zero-order chi connectivity index (χ0) is 18.2. The lowest BCUT2D eigenvalue weighted by Crippen LogP contribution is -2.09. The van der Waals surface area contributed by atoms with E-state index >= 15 is 0 Å². The monoisotopic (exact) mass is 370 g/mol. The second-order valence-corrected chi connectivity index (χ2v) is 7.11. The van der Waals surface area contributed by atoms with Gasteiger partial charge in [-0.15, -0.1) is 11.3 Å². The third kappa shape index (κ3) is 2.88. The third-order valence-corrected chi connectivity index (χ3v) is 5.26. The van der Waals surface area contributed by atoms with Crippen LogP contribution in [-0.4, -0.2) is 10.9 Å². The average molecular weight is 370 g/mol. The minimum absolute atomic E-state index is 0.120. The summed E-state index contributed by atoms with van der Waals surface area (Å²) in [6, 6.07) is 23.3. The van der Waals surface area contributed by atoms with Crippen LogP contribution in [0.4, 0.5) is 5.69 Å². The van der Waals surface area contributed by atoms with Crippen LogP contribution in [0.15, 0.2) is 82.6 Å². The highest BCUT2D eigenvalue weighted by Gasteiger charge is 2.12. The van der Waals surface area contributed by atoms with Crippen molar-refractivity contribution in [3.63, 3.8) is 0 Å². The Morgan fingerprint density at radius 3 is 2.78 bits per heavy atom. The largest absolute Gasteiger partial charge is 0.436 e. The maximum Gasteiger partial charge on any atom is 0.265 e. The molecule has 0 fully saturated rings. The Morgan fingerprint density at radius 2 is 1.89 bits per heavy atom. The van der Waals surface area contributed by atoms with Crippen molar-refractivity contribution in [1.29, 1.82) is 0 Å². The van der Waals surface area contributed by atoms with E-state index in [1.165, 1.54) is 11.3 Å². The lowest BCUT2D eigenvalue weighted by molar-refractivity contribution is 0.103. The number of hydrogen-bond donors (Lipinski definition) is 1. The van der Waals surface area contributed by atoms with Crippen LogP contribution in [0.3, 0.4) is 0 Å². The number of fused-ring (bicyclic) bond motifs is 3. The standard InChI is InChI=1S/C22H14N2O2S/c25-21(19-9-4-12-27-19)23-16-7-3-6-15(13-16)22-24-20-17-8-2-1-5-14(17)10-11-18(20)26-22/h1-13H,(H,23,25). The van der Waals surface area contributed by atoms with E-state index in [1.54, 1.807) is 6.07 Å². The molecule has 1 amide bonds. The summed E-state index contributed by atoms with van der Waals surface area (Å²) in [4.78, 5) is 17.6. The molecule has 0 saturated heterocycles. The molecule has 4 nitrogen and oxygen atoms in total. The van der Waals surface area contributed by atoms with Gasteiger partial charge in [-0.05, 0) is 41.1 Å². The van der Waals surface area contributed by atoms with Crippen molar-refractivity contribution in [3.8, 4) is 11.5 Å². The number of aromatic nitrogens is 1. The quantitative estimate of drug-likeness (QED) is 0.426. The van der Waals surface area contributed by atoms with E-state index in [0.29, 0.717) is 16.5 Å². The Balaban J connectivity index is 1.53. The second kappa shape index (κ2) is 6.37. The smallest absolute Gasteiger partial charge is 0.265 e. The second-order valence-electron chi connectivity index (χ2n) is 6.16. The van der Waals surface area contributed by atoms with E-state index < -0.39 is 0 Å². The molecule has 0 atom stereocenters. The van der Waals surface area contributed by atoms with Crippen molar-refractivity contribution in [3.05, 3.63) is 83.1 Å². The van der Waals surface area contributed by atoms with Crippen molar-refractivity contribution in [2.75, 3.05) is 5.32 Å². The SMILES string of the molecule is O=C(Nc1cccc(-c2nc3c(ccc4ccccc43)o2)c1)c1cccs1. The minimum atomic E-state index is -0.120. The summed E-state index contributed by atoms with van der Waals surface area (Å²) in [5.41, 5.74) is 3.12. The molecule has 0 aliphatic carbocycles. The average Bonchev–Trinajstić information content (AvgIpc) is 3.38. The summed E-state index contributed by atoms with van der Waals surface area (Å²) in [6.45, 7) is 0. The molecule has 27 heavy (non-hydrogen) atoms. The zero-order valence-corrected chi connectivity index (χ0v) is 15.0. The Morgan fingerprint density at radius 1 is 0.963 bits per heavy atom. The van der Waals surface area contributed by atoms with Gasteiger partial charge in [-0.3, -0.25) is 4.79 Å². The van der Waals surface area contributed by atoms with Crippen molar-refractivity contribution in [2.24, 2.45) is 0 Å². The molecule has 130 valence electrons. The Hall–Kier alpha value is -3.44. The van der Waals surface area contributed by atoms with Crippen LogP contribution in [0.2, 0.25) is 0 Å². The summed E-state index contributed by atoms with van der Waals surface area (Å²) in [7, 11) is 0. The fraction of sp³-hybridized carbons (Fsp3) is 0. The van der Waals surface area contributed by atoms with Crippen LogP contribution in [0, 0.1) is 0 Å². The number of thiophene rings is 1. The number of anilines is 1. The first-order valence-electron chi connectivity index (χ1n) is 8.51. The van der Waals surface area contributed by atoms with Crippen molar-refractivity contribution in [2.45, 2.75) is 0 Å². The highest BCUT2D eigenvalue weighted by molar-refractivity contribution is 7.12. The van der Waals surface area contributed by atoms with Crippen LogP contribution >= 0.6 is 11.3 Å². The summed E-state index contributed by atoms with van der Waals surface area (Å²) in [5.74, 6) is 0.416. The number of nitrogens with zero attached hydrogens (tertiary/aromatic N) is 1. The number of hydrogen-bond acceptors (Lipinski definition) is 4. The van der Waals surface area contributed by atoms with Gasteiger partial charge >= 0.3 is 0 Å². The van der Waals surface area contributed by atoms with Gasteiger partial charge in [0.15, 0.2) is 5.58 Å². The van der Waals surface area contributed by atoms with Gasteiger partial charge in [-0.2, -0.15) is 0 Å². The summed E-state index contributed by atoms with van der Waals surface area (Å²) in [5, 5.41) is 6.99. The molecule has 0 bridgehead atoms. The molecule has 1 N–H and O–H groups in total. The van der Waals surface area contributed by atoms with Gasteiger partial charge in [0.25, 0.3) is 5.91 Å². The fourth-order valence-corrected chi connectivity index (χ4v) is 3.73. The third-order valence-electron chi connectivity index (χ3n) is 4.40. The topological polar surface area (TPSA) is 55.1 Å². The van der Waals surface area contributed by atoms with Gasteiger partial charge in [0.05, 0.1) is 4.88 Å². The highest BCUT2D eigenvalue weighted by atomic mass is 32.1. The van der Waals surface area contributed by atoms with Gasteiger partial charge in [0.1, 0.15) is 5.52 Å². The Bertz CT molecular complexity index is 1270. The first kappa shape index (κ1) is 15.8. The number of benzene rings is 3. The van der Waals surface area contributed by atoms with E-state index in [4.69, 9.17) is 9.40 Å². The molecular formula is C22H14N2O2S. The molecule has 3 aromatic carbocycles. The highest BCUT2D eigenvalue weighted by Crippen LogP contribution is 2.30. The van der Waals surface area contributed by atoms with E-state index in [1.807, 2.05) is 66.0 Å². The number of carbonyl (C=O) groups excluding carboxylic acids is 1. The molecule has 0 aliphatic rings. The van der Waals surface area contributed by atoms with E-state index in [2.05, 4.69) is 11.4 Å². The minimum Gasteiger partial charge on any atom is -0.436 e. The maximum atomic E-state index is 12.3. The first-order valence-corrected chi connectivity index (χ1v) is 9.39. The van der Waals surface area contributed by atoms with Crippen molar-refractivity contribution in [1.82, 2.24) is 4.98 Å². The van der Waals surface area contributed by atoms with Crippen LogP contribution in [0.5, 0.6) is 0 Å². The molecule has 5 aromatic rings. The van der Waals surface area contributed by atoms with Gasteiger partial charge in [0, 0.05) is 16.6 Å². The van der Waals surface area contributed by atoms with Gasteiger partial charge < -0.3 is 9.73 Å². The number of amides is 1. The number of carbonyl (C=O) groups is 1. The predicted molar refractivity (Wildman–Crippen MR) is 109 cm³/mol. The fourth-order valence-electron chi connectivity index (χ4n) is 3.12. The van der Waals surface area contributed by atoms with Crippen molar-refractivity contribution >= 4 is 44.8 Å². The molecular weight excluding hydrogens is 356 g/mol. The van der Waals surface area contributed by atoms with E-state index in [0.717, 1.165) is 27.4 Å². The van der Waals surface area contributed by atoms with Gasteiger partial charge in [-0.25, -0.2) is 4.98 Å². The maximum absolute atomic E-state index is 12.3. The van der Waals surface area contributed by atoms with Crippen LogP contribution in [0.25, 0.3) is 33.3 Å². The summed E-state index contributed by atoms with van der Waals surface area (Å²) < 4.78 is 5.97. The molecule has 0 unspecified atom stereocenters. The normalized spacial score (nSPS) is 11.1. The van der Waals surface area contributed by atoms with Crippen LogP contribution in [-0.2, 0) is 0 Å². The molecule has 0 radical (unpaired) electrons. The Kier molecular flexibility index (Phi) is 3.73. The molecule has 2 aromatic heterocycles. The lowest BCUT2D eigenvalue weighted by Gasteiger charge is -2.04. The first-order chi connectivity index (χ1) is 13.3. The molecule has 2 heterocycles. The molecule has 0 spiro atoms. The number of nitrogens with one attached hydrogen (secondary N) is 1. The molecule has 0 saturated carbocycles. The molecule has 5 heteroatoms. The predicted octanol–water partition coefficient (Wildman–Crippen LogP) is 5.96. The van der Waals surface area contributed by atoms with Gasteiger partial charge in [-0.1, -0.05) is 42.5 Å². The molecule has 5 rings (SSSR count). The number of oxazole rings is 1. The summed E-state index contributed by atoms with van der Waals surface area (Å²) >= 11 is 1.41. The zero-order valence-electron chi connectivity index (χ0n) is 14.2.